The van der Waals surface area contributed by atoms with E-state index in [1.165, 1.54) is 0 Å². The summed E-state index contributed by atoms with van der Waals surface area (Å²) in [5, 5.41) is 11.9. The van der Waals surface area contributed by atoms with Crippen molar-refractivity contribution in [1.82, 2.24) is 10.2 Å². The molecule has 1 saturated carbocycles. The van der Waals surface area contributed by atoms with Gasteiger partial charge in [0.05, 0.1) is 18.6 Å². The van der Waals surface area contributed by atoms with E-state index in [2.05, 4.69) is 5.32 Å². The molecule has 0 aliphatic heterocycles. The summed E-state index contributed by atoms with van der Waals surface area (Å²) in [6.45, 7) is 3.47. The number of hydrogen-bond acceptors (Lipinski definition) is 3. The van der Waals surface area contributed by atoms with Crippen LogP contribution in [0.3, 0.4) is 0 Å². The van der Waals surface area contributed by atoms with Crippen molar-refractivity contribution in [1.29, 1.82) is 0 Å². The fourth-order valence-corrected chi connectivity index (χ4v) is 2.60. The topological polar surface area (TPSA) is 78.9 Å². The van der Waals surface area contributed by atoms with Crippen LogP contribution in [0.5, 0.6) is 0 Å². The van der Waals surface area contributed by atoms with Gasteiger partial charge in [0.25, 0.3) is 0 Å². The molecule has 1 rings (SSSR count). The highest BCUT2D eigenvalue weighted by atomic mass is 16.5. The molecular formula is C13H24N2O4. The van der Waals surface area contributed by atoms with Crippen LogP contribution in [0.2, 0.25) is 0 Å². The van der Waals surface area contributed by atoms with Gasteiger partial charge in [-0.25, -0.2) is 4.79 Å². The normalized spacial score (nSPS) is 17.2. The van der Waals surface area contributed by atoms with E-state index in [1.54, 1.807) is 12.0 Å². The summed E-state index contributed by atoms with van der Waals surface area (Å²) in [4.78, 5) is 24.8. The molecule has 2 amide bonds. The number of likely N-dealkylation sites (N-methyl/N-ethyl adjacent to an activating group) is 1. The molecule has 0 heterocycles. The average molecular weight is 272 g/mol. The maximum atomic E-state index is 12.2. The largest absolute Gasteiger partial charge is 0.481 e. The first-order chi connectivity index (χ1) is 9.03. The quantitative estimate of drug-likeness (QED) is 0.735. The first kappa shape index (κ1) is 15.8. The predicted molar refractivity (Wildman–Crippen MR) is 71.1 cm³/mol. The molecule has 0 spiro atoms. The molecule has 0 unspecified atom stereocenters. The van der Waals surface area contributed by atoms with E-state index in [-0.39, 0.29) is 12.5 Å². The van der Waals surface area contributed by atoms with Gasteiger partial charge in [-0.3, -0.25) is 4.79 Å². The van der Waals surface area contributed by atoms with E-state index in [9.17, 15) is 9.59 Å². The summed E-state index contributed by atoms with van der Waals surface area (Å²) >= 11 is 0. The van der Waals surface area contributed by atoms with Crippen LogP contribution in [0.25, 0.3) is 0 Å². The van der Waals surface area contributed by atoms with Gasteiger partial charge in [-0.15, -0.1) is 0 Å². The Bertz CT molecular complexity index is 314. The number of hydrogen-bond donors (Lipinski definition) is 2. The van der Waals surface area contributed by atoms with E-state index in [4.69, 9.17) is 9.84 Å². The molecule has 0 aromatic rings. The highest BCUT2D eigenvalue weighted by Gasteiger charge is 2.38. The number of carbonyl (C=O) groups is 2. The molecule has 19 heavy (non-hydrogen) atoms. The van der Waals surface area contributed by atoms with Crippen LogP contribution in [0.4, 0.5) is 4.79 Å². The zero-order chi connectivity index (χ0) is 14.3. The van der Waals surface area contributed by atoms with Crippen LogP contribution in [-0.4, -0.2) is 54.4 Å². The Kier molecular flexibility index (Phi) is 6.08. The fraction of sp³-hybridized carbons (Fsp3) is 0.846. The van der Waals surface area contributed by atoms with E-state index in [0.717, 1.165) is 25.7 Å². The summed E-state index contributed by atoms with van der Waals surface area (Å²) in [6.07, 6.45) is 3.43. The number of aliphatic carboxylic acids is 1. The summed E-state index contributed by atoms with van der Waals surface area (Å²) in [5.74, 6) is -0.859. The van der Waals surface area contributed by atoms with Crippen molar-refractivity contribution in [2.45, 2.75) is 44.6 Å². The van der Waals surface area contributed by atoms with Crippen LogP contribution in [0.1, 0.15) is 39.0 Å². The highest BCUT2D eigenvalue weighted by Crippen LogP contribution is 2.32. The first-order valence-corrected chi connectivity index (χ1v) is 6.81. The van der Waals surface area contributed by atoms with E-state index >= 15 is 0 Å². The lowest BCUT2D eigenvalue weighted by molar-refractivity contribution is -0.138. The highest BCUT2D eigenvalue weighted by molar-refractivity contribution is 5.77. The van der Waals surface area contributed by atoms with Gasteiger partial charge in [0.2, 0.25) is 0 Å². The molecule has 0 bridgehead atoms. The minimum Gasteiger partial charge on any atom is -0.481 e. The number of carboxylic acid groups (broad SMARTS) is 1. The van der Waals surface area contributed by atoms with Gasteiger partial charge in [-0.1, -0.05) is 12.8 Å². The van der Waals surface area contributed by atoms with Gasteiger partial charge < -0.3 is 20.1 Å². The van der Waals surface area contributed by atoms with E-state index in [0.29, 0.717) is 19.7 Å². The molecule has 1 aliphatic carbocycles. The summed E-state index contributed by atoms with van der Waals surface area (Å²) in [6, 6.07) is -0.192. The third kappa shape index (κ3) is 4.70. The van der Waals surface area contributed by atoms with Crippen molar-refractivity contribution in [2.75, 3.05) is 26.8 Å². The molecule has 0 saturated heterocycles. The second kappa shape index (κ2) is 7.33. The van der Waals surface area contributed by atoms with Gasteiger partial charge >= 0.3 is 12.0 Å². The van der Waals surface area contributed by atoms with Gasteiger partial charge in [-0.05, 0) is 19.8 Å². The Morgan fingerprint density at radius 1 is 1.37 bits per heavy atom. The molecule has 0 atom stereocenters. The van der Waals surface area contributed by atoms with Crippen LogP contribution >= 0.6 is 0 Å². The molecular weight excluding hydrogens is 248 g/mol. The van der Waals surface area contributed by atoms with Gasteiger partial charge in [-0.2, -0.15) is 0 Å². The number of methoxy groups -OCH3 is 1. The molecule has 1 fully saturated rings. The number of carboxylic acids is 1. The number of nitrogens with one attached hydrogen (secondary N) is 1. The van der Waals surface area contributed by atoms with Crippen molar-refractivity contribution in [3.8, 4) is 0 Å². The van der Waals surface area contributed by atoms with Gasteiger partial charge in [0.1, 0.15) is 0 Å². The van der Waals surface area contributed by atoms with Crippen LogP contribution in [0, 0.1) is 0 Å². The number of ether oxygens (including phenoxy) is 1. The zero-order valence-corrected chi connectivity index (χ0v) is 11.8. The van der Waals surface area contributed by atoms with Gasteiger partial charge in [0.15, 0.2) is 0 Å². The number of urea groups is 1. The Morgan fingerprint density at radius 3 is 2.47 bits per heavy atom. The van der Waals surface area contributed by atoms with Crippen molar-refractivity contribution in [3.63, 3.8) is 0 Å². The summed E-state index contributed by atoms with van der Waals surface area (Å²) < 4.78 is 4.97. The van der Waals surface area contributed by atoms with Crippen molar-refractivity contribution in [3.05, 3.63) is 0 Å². The Labute approximate surface area is 114 Å². The smallest absolute Gasteiger partial charge is 0.317 e. The lowest BCUT2D eigenvalue weighted by atomic mass is 9.93. The summed E-state index contributed by atoms with van der Waals surface area (Å²) in [5.41, 5.74) is -0.566. The number of carbonyl (C=O) groups excluding carboxylic acids is 1. The average Bonchev–Trinajstić information content (AvgIpc) is 2.77. The van der Waals surface area contributed by atoms with E-state index < -0.39 is 11.5 Å². The third-order valence-electron chi connectivity index (χ3n) is 3.66. The minimum absolute atomic E-state index is 0.000568. The molecule has 6 nitrogen and oxygen atoms in total. The van der Waals surface area contributed by atoms with Crippen LogP contribution in [0.15, 0.2) is 0 Å². The molecule has 110 valence electrons. The first-order valence-electron chi connectivity index (χ1n) is 6.81. The third-order valence-corrected chi connectivity index (χ3v) is 3.66. The van der Waals surface area contributed by atoms with Crippen molar-refractivity contribution < 1.29 is 19.4 Å². The molecule has 0 aromatic heterocycles. The van der Waals surface area contributed by atoms with Crippen molar-refractivity contribution in [2.24, 2.45) is 0 Å². The number of rotatable bonds is 7. The Hall–Kier alpha value is -1.30. The Balaban J connectivity index is 2.62. The SMILES string of the molecule is CCN(CCOC)C(=O)NC1(CC(=O)O)CCCC1. The summed E-state index contributed by atoms with van der Waals surface area (Å²) in [7, 11) is 1.59. The lowest BCUT2D eigenvalue weighted by Gasteiger charge is -2.32. The van der Waals surface area contributed by atoms with Gasteiger partial charge in [0, 0.05) is 20.2 Å². The number of amides is 2. The predicted octanol–water partition coefficient (Wildman–Crippen LogP) is 1.45. The van der Waals surface area contributed by atoms with Crippen LogP contribution in [-0.2, 0) is 9.53 Å². The zero-order valence-electron chi connectivity index (χ0n) is 11.8. The Morgan fingerprint density at radius 2 is 2.00 bits per heavy atom. The monoisotopic (exact) mass is 272 g/mol. The molecule has 0 aromatic carbocycles. The number of nitrogens with zero attached hydrogens (tertiary/aromatic N) is 1. The fourth-order valence-electron chi connectivity index (χ4n) is 2.60. The standard InChI is InChI=1S/C13H24N2O4/c1-3-15(8-9-19-2)12(18)14-13(10-11(16)17)6-4-5-7-13/h3-10H2,1-2H3,(H,14,18)(H,16,17). The van der Waals surface area contributed by atoms with E-state index in [1.807, 2.05) is 6.92 Å². The molecule has 1 aliphatic rings. The minimum atomic E-state index is -0.859. The second-order valence-corrected chi connectivity index (χ2v) is 5.06. The molecule has 0 radical (unpaired) electrons. The maximum absolute atomic E-state index is 12.2. The molecule has 6 heteroatoms. The van der Waals surface area contributed by atoms with Crippen LogP contribution < -0.4 is 5.32 Å². The second-order valence-electron chi connectivity index (χ2n) is 5.06. The lowest BCUT2D eigenvalue weighted by Crippen LogP contribution is -2.53. The maximum Gasteiger partial charge on any atom is 0.317 e. The molecule has 2 N–H and O–H groups in total. The van der Waals surface area contributed by atoms with Crippen molar-refractivity contribution >= 4 is 12.0 Å².